The van der Waals surface area contributed by atoms with Gasteiger partial charge in [0.15, 0.2) is 0 Å². The summed E-state index contributed by atoms with van der Waals surface area (Å²) < 4.78 is 0. The number of likely N-dealkylation sites (N-methyl/N-ethyl adjacent to an activating group) is 2. The van der Waals surface area contributed by atoms with Crippen LogP contribution >= 0.6 is 0 Å². The summed E-state index contributed by atoms with van der Waals surface area (Å²) in [5.41, 5.74) is 5.75. The molecule has 0 aromatic rings. The Morgan fingerprint density at radius 3 is 1.92 bits per heavy atom. The number of hydrogen-bond donors (Lipinski definition) is 3. The summed E-state index contributed by atoms with van der Waals surface area (Å²) in [4.78, 5) is 2.37. The fourth-order valence-electron chi connectivity index (χ4n) is 1.24. The van der Waals surface area contributed by atoms with Gasteiger partial charge in [-0.2, -0.15) is 0 Å². The summed E-state index contributed by atoms with van der Waals surface area (Å²) in [6, 6.07) is 0.258. The van der Waals surface area contributed by atoms with Crippen molar-refractivity contribution in [3.8, 4) is 0 Å². The van der Waals surface area contributed by atoms with Crippen LogP contribution in [0.4, 0.5) is 0 Å². The van der Waals surface area contributed by atoms with Gasteiger partial charge in [0.25, 0.3) is 0 Å². The van der Waals surface area contributed by atoms with Crippen LogP contribution < -0.4 is 16.4 Å². The molecule has 0 rings (SSSR count). The average molecular weight is 188 g/mol. The number of nitrogens with zero attached hydrogens (tertiary/aromatic N) is 1. The molecule has 4 heteroatoms. The largest absolute Gasteiger partial charge is 0.327 e. The summed E-state index contributed by atoms with van der Waals surface area (Å²) in [6.07, 6.45) is 0. The Morgan fingerprint density at radius 2 is 1.62 bits per heavy atom. The highest BCUT2D eigenvalue weighted by atomic mass is 15.2. The molecule has 0 saturated carbocycles. The van der Waals surface area contributed by atoms with Gasteiger partial charge in [0.05, 0.1) is 0 Å². The van der Waals surface area contributed by atoms with Crippen molar-refractivity contribution >= 4 is 0 Å². The van der Waals surface area contributed by atoms with Crippen LogP contribution in [-0.4, -0.2) is 57.8 Å². The van der Waals surface area contributed by atoms with Crippen molar-refractivity contribution < 1.29 is 0 Å². The summed E-state index contributed by atoms with van der Waals surface area (Å²) in [5.74, 6) is 0. The number of hydrogen-bond acceptors (Lipinski definition) is 4. The van der Waals surface area contributed by atoms with Gasteiger partial charge in [-0.3, -0.25) is 4.90 Å². The van der Waals surface area contributed by atoms with Gasteiger partial charge in [-0.05, 0) is 21.0 Å². The monoisotopic (exact) mass is 188 g/mol. The van der Waals surface area contributed by atoms with E-state index in [0.717, 1.165) is 32.7 Å². The minimum atomic E-state index is 0.258. The van der Waals surface area contributed by atoms with Crippen LogP contribution in [0.25, 0.3) is 0 Å². The molecule has 4 nitrogen and oxygen atoms in total. The smallest absolute Gasteiger partial charge is 0.0139 e. The van der Waals surface area contributed by atoms with Gasteiger partial charge in [0, 0.05) is 38.8 Å². The van der Waals surface area contributed by atoms with E-state index in [2.05, 4.69) is 15.5 Å². The second kappa shape index (κ2) is 8.44. The minimum Gasteiger partial charge on any atom is -0.327 e. The zero-order chi connectivity index (χ0) is 10.1. The first-order valence-electron chi connectivity index (χ1n) is 4.97. The molecule has 0 bridgehead atoms. The lowest BCUT2D eigenvalue weighted by molar-refractivity contribution is 0.264. The predicted molar refractivity (Wildman–Crippen MR) is 57.9 cm³/mol. The van der Waals surface area contributed by atoms with Crippen LogP contribution in [0.5, 0.6) is 0 Å². The van der Waals surface area contributed by atoms with Crippen LogP contribution in [0, 0.1) is 0 Å². The predicted octanol–water partition coefficient (Wildman–Crippen LogP) is -0.926. The topological polar surface area (TPSA) is 53.3 Å². The van der Waals surface area contributed by atoms with E-state index in [-0.39, 0.29) is 6.04 Å². The van der Waals surface area contributed by atoms with Gasteiger partial charge in [-0.25, -0.2) is 0 Å². The molecule has 1 unspecified atom stereocenters. The van der Waals surface area contributed by atoms with Crippen molar-refractivity contribution in [3.05, 3.63) is 0 Å². The molecule has 0 aliphatic rings. The standard InChI is InChI=1S/C9H24N4/c1-9(10)8-13(6-4-11-2)7-5-12-3/h9,11-12H,4-8,10H2,1-3H3. The molecule has 4 N–H and O–H groups in total. The molecule has 0 spiro atoms. The number of nitrogens with one attached hydrogen (secondary N) is 2. The Hall–Kier alpha value is -0.160. The lowest BCUT2D eigenvalue weighted by Crippen LogP contribution is -2.41. The van der Waals surface area contributed by atoms with E-state index in [1.807, 2.05) is 21.0 Å². The van der Waals surface area contributed by atoms with Gasteiger partial charge in [0.2, 0.25) is 0 Å². The SMILES string of the molecule is CNCCN(CCNC)CC(C)N. The molecule has 0 aliphatic carbocycles. The van der Waals surface area contributed by atoms with Crippen LogP contribution in [-0.2, 0) is 0 Å². The molecule has 0 heterocycles. The van der Waals surface area contributed by atoms with Crippen LogP contribution in [0.3, 0.4) is 0 Å². The molecular weight excluding hydrogens is 164 g/mol. The summed E-state index contributed by atoms with van der Waals surface area (Å²) in [7, 11) is 3.95. The highest BCUT2D eigenvalue weighted by molar-refractivity contribution is 4.65. The third-order valence-electron chi connectivity index (χ3n) is 1.90. The molecule has 0 aliphatic heterocycles. The van der Waals surface area contributed by atoms with E-state index in [9.17, 15) is 0 Å². The Morgan fingerprint density at radius 1 is 1.15 bits per heavy atom. The number of nitrogens with two attached hydrogens (primary N) is 1. The summed E-state index contributed by atoms with van der Waals surface area (Å²) in [6.45, 7) is 7.21. The molecule has 0 radical (unpaired) electrons. The molecule has 80 valence electrons. The quantitative estimate of drug-likeness (QED) is 0.461. The van der Waals surface area contributed by atoms with E-state index in [4.69, 9.17) is 5.73 Å². The van der Waals surface area contributed by atoms with E-state index in [0.29, 0.717) is 0 Å². The lowest BCUT2D eigenvalue weighted by Gasteiger charge is -2.23. The van der Waals surface area contributed by atoms with E-state index >= 15 is 0 Å². The van der Waals surface area contributed by atoms with Crippen LogP contribution in [0.15, 0.2) is 0 Å². The Labute approximate surface area is 81.9 Å². The first-order valence-corrected chi connectivity index (χ1v) is 4.97. The molecule has 0 aromatic carbocycles. The van der Waals surface area contributed by atoms with Crippen molar-refractivity contribution in [3.63, 3.8) is 0 Å². The van der Waals surface area contributed by atoms with Crippen molar-refractivity contribution in [2.75, 3.05) is 46.8 Å². The second-order valence-corrected chi connectivity index (χ2v) is 3.48. The zero-order valence-electron chi connectivity index (χ0n) is 9.14. The number of rotatable bonds is 8. The molecule has 0 amide bonds. The van der Waals surface area contributed by atoms with Gasteiger partial charge >= 0.3 is 0 Å². The maximum Gasteiger partial charge on any atom is 0.0139 e. The third-order valence-corrected chi connectivity index (χ3v) is 1.90. The Bertz CT molecular complexity index is 97.8. The lowest BCUT2D eigenvalue weighted by atomic mass is 10.3. The summed E-state index contributed by atoms with van der Waals surface area (Å²) >= 11 is 0. The van der Waals surface area contributed by atoms with Crippen molar-refractivity contribution in [1.82, 2.24) is 15.5 Å². The molecule has 0 saturated heterocycles. The van der Waals surface area contributed by atoms with Gasteiger partial charge in [-0.1, -0.05) is 0 Å². The maximum atomic E-state index is 5.75. The normalized spacial score (nSPS) is 13.6. The van der Waals surface area contributed by atoms with E-state index < -0.39 is 0 Å². The third kappa shape index (κ3) is 8.18. The van der Waals surface area contributed by atoms with Crippen LogP contribution in [0.2, 0.25) is 0 Å². The van der Waals surface area contributed by atoms with E-state index in [1.54, 1.807) is 0 Å². The molecule has 0 fully saturated rings. The fourth-order valence-corrected chi connectivity index (χ4v) is 1.24. The average Bonchev–Trinajstić information content (AvgIpc) is 2.09. The van der Waals surface area contributed by atoms with Crippen LogP contribution in [0.1, 0.15) is 6.92 Å². The second-order valence-electron chi connectivity index (χ2n) is 3.48. The fraction of sp³-hybridized carbons (Fsp3) is 1.00. The van der Waals surface area contributed by atoms with E-state index in [1.165, 1.54) is 0 Å². The minimum absolute atomic E-state index is 0.258. The Balaban J connectivity index is 3.60. The highest BCUT2D eigenvalue weighted by Crippen LogP contribution is 1.88. The van der Waals surface area contributed by atoms with Crippen molar-refractivity contribution in [2.45, 2.75) is 13.0 Å². The van der Waals surface area contributed by atoms with Gasteiger partial charge in [-0.15, -0.1) is 0 Å². The Kier molecular flexibility index (Phi) is 8.33. The molecular formula is C9H24N4. The summed E-state index contributed by atoms with van der Waals surface area (Å²) in [5, 5.41) is 6.29. The van der Waals surface area contributed by atoms with Gasteiger partial charge < -0.3 is 16.4 Å². The van der Waals surface area contributed by atoms with Crippen molar-refractivity contribution in [1.29, 1.82) is 0 Å². The van der Waals surface area contributed by atoms with Crippen molar-refractivity contribution in [2.24, 2.45) is 5.73 Å². The van der Waals surface area contributed by atoms with Gasteiger partial charge in [0.1, 0.15) is 0 Å². The zero-order valence-corrected chi connectivity index (χ0v) is 9.14. The molecule has 0 aromatic heterocycles. The first kappa shape index (κ1) is 12.8. The first-order chi connectivity index (χ1) is 6.20. The highest BCUT2D eigenvalue weighted by Gasteiger charge is 2.05. The molecule has 13 heavy (non-hydrogen) atoms. The molecule has 1 atom stereocenters. The maximum absolute atomic E-state index is 5.75.